The number of Topliss-reactive ketones (excluding diaryl/α,β-unsaturated/α-hetero) is 1. The number of para-hydroxylation sites is 1. The number of nitrogen functional groups attached to an aromatic ring is 1. The van der Waals surface area contributed by atoms with E-state index >= 15 is 0 Å². The number of aromatic nitrogens is 3. The van der Waals surface area contributed by atoms with Crippen LogP contribution < -0.4 is 17.0 Å². The number of hydrogen-bond donors (Lipinski definition) is 1. The molecule has 0 fully saturated rings. The molecule has 0 saturated heterocycles. The third kappa shape index (κ3) is 5.39. The number of rotatable bonds is 9. The van der Waals surface area contributed by atoms with Gasteiger partial charge < -0.3 is 15.2 Å². The highest BCUT2D eigenvalue weighted by atomic mass is 16.5. The highest BCUT2D eigenvalue weighted by Crippen LogP contribution is 2.24. The molecule has 0 amide bonds. The van der Waals surface area contributed by atoms with E-state index in [1.54, 1.807) is 61.5 Å². The highest BCUT2D eigenvalue weighted by molar-refractivity contribution is 6.07. The van der Waals surface area contributed by atoms with Gasteiger partial charge in [-0.1, -0.05) is 55.5 Å². The Hall–Kier alpha value is -5.06. The zero-order chi connectivity index (χ0) is 29.0. The smallest absolute Gasteiger partial charge is 0.339 e. The third-order valence-electron chi connectivity index (χ3n) is 6.56. The largest absolute Gasteiger partial charge is 0.468 e. The number of fused-ring (bicyclic) bond motifs is 1. The molecule has 206 valence electrons. The minimum atomic E-state index is -1.09. The fraction of sp³-hybridized carbons (Fsp3) is 0.241. The molecule has 11 heteroatoms. The molecule has 0 aliphatic carbocycles. The zero-order valence-electron chi connectivity index (χ0n) is 22.3. The summed E-state index contributed by atoms with van der Waals surface area (Å²) in [5.41, 5.74) is 6.49. The van der Waals surface area contributed by atoms with Gasteiger partial charge in [-0.25, -0.2) is 14.2 Å². The van der Waals surface area contributed by atoms with Crippen molar-refractivity contribution in [3.63, 3.8) is 0 Å². The first kappa shape index (κ1) is 28.0. The second-order valence-corrected chi connectivity index (χ2v) is 9.01. The van der Waals surface area contributed by atoms with Crippen LogP contribution in [0.25, 0.3) is 10.9 Å². The molecule has 0 saturated carbocycles. The molecule has 2 heterocycles. The fourth-order valence-electron chi connectivity index (χ4n) is 4.47. The molecule has 2 aromatic carbocycles. The Balaban J connectivity index is 1.73. The Morgan fingerprint density at radius 1 is 0.950 bits per heavy atom. The highest BCUT2D eigenvalue weighted by Gasteiger charge is 2.26. The van der Waals surface area contributed by atoms with Gasteiger partial charge >= 0.3 is 17.6 Å². The number of ketones is 1. The number of aryl methyl sites for hydroxylation is 1. The number of esters is 2. The van der Waals surface area contributed by atoms with Gasteiger partial charge in [-0.3, -0.25) is 23.9 Å². The molecular formula is C29H28N4O7. The minimum Gasteiger partial charge on any atom is -0.468 e. The summed E-state index contributed by atoms with van der Waals surface area (Å²) in [5, 5.41) is 0.561. The predicted octanol–water partition coefficient (Wildman–Crippen LogP) is 2.27. The lowest BCUT2D eigenvalue weighted by Gasteiger charge is -2.16. The van der Waals surface area contributed by atoms with Gasteiger partial charge in [0, 0.05) is 11.1 Å². The first-order valence-corrected chi connectivity index (χ1v) is 12.5. The predicted molar refractivity (Wildman–Crippen MR) is 147 cm³/mol. The van der Waals surface area contributed by atoms with Crippen molar-refractivity contribution in [2.45, 2.75) is 33.4 Å². The van der Waals surface area contributed by atoms with Crippen molar-refractivity contribution in [1.29, 1.82) is 0 Å². The Kier molecular flexibility index (Phi) is 8.23. The van der Waals surface area contributed by atoms with Gasteiger partial charge in [-0.2, -0.15) is 0 Å². The molecule has 4 rings (SSSR count). The van der Waals surface area contributed by atoms with Crippen LogP contribution in [-0.4, -0.2) is 45.6 Å². The average Bonchev–Trinajstić information content (AvgIpc) is 2.96. The zero-order valence-corrected chi connectivity index (χ0v) is 22.3. The first-order valence-electron chi connectivity index (χ1n) is 12.5. The normalized spacial score (nSPS) is 10.9. The van der Waals surface area contributed by atoms with Gasteiger partial charge in [0.1, 0.15) is 17.9 Å². The molecule has 0 atom stereocenters. The second-order valence-electron chi connectivity index (χ2n) is 9.01. The molecule has 2 N–H and O–H groups in total. The van der Waals surface area contributed by atoms with E-state index in [2.05, 4.69) is 9.72 Å². The molecule has 0 aliphatic rings. The lowest BCUT2D eigenvalue weighted by molar-refractivity contribution is -0.141. The van der Waals surface area contributed by atoms with E-state index in [4.69, 9.17) is 10.5 Å². The standard InChI is InChI=1S/C29H28N4O7/c1-4-20-17(2)24(19-12-8-9-13-21(19)31-20)28(37)40-16-22(34)25-26(30)32(14-18-10-6-5-7-11-18)29(38)33(27(25)36)15-23(35)39-3/h5-13H,4,14-16,30H2,1-3H3. The van der Waals surface area contributed by atoms with Crippen molar-refractivity contribution >= 4 is 34.4 Å². The third-order valence-corrected chi connectivity index (χ3v) is 6.56. The number of ether oxygens (including phenoxy) is 2. The Bertz CT molecular complexity index is 1740. The molecule has 40 heavy (non-hydrogen) atoms. The molecule has 0 radical (unpaired) electrons. The summed E-state index contributed by atoms with van der Waals surface area (Å²) in [5.74, 6) is -2.97. The number of methoxy groups -OCH3 is 1. The van der Waals surface area contributed by atoms with Gasteiger partial charge in [-0.15, -0.1) is 0 Å². The number of nitrogens with zero attached hydrogens (tertiary/aromatic N) is 3. The number of benzene rings is 2. The number of anilines is 1. The van der Waals surface area contributed by atoms with E-state index in [1.165, 1.54) is 0 Å². The maximum absolute atomic E-state index is 13.3. The van der Waals surface area contributed by atoms with E-state index in [0.717, 1.165) is 11.7 Å². The number of nitrogens with two attached hydrogens (primary N) is 1. The van der Waals surface area contributed by atoms with Crippen molar-refractivity contribution in [2.75, 3.05) is 19.5 Å². The fourth-order valence-corrected chi connectivity index (χ4v) is 4.47. The Labute approximate surface area is 228 Å². The van der Waals surface area contributed by atoms with Crippen LogP contribution in [0.5, 0.6) is 0 Å². The van der Waals surface area contributed by atoms with Crippen LogP contribution in [0.15, 0.2) is 64.2 Å². The van der Waals surface area contributed by atoms with Crippen LogP contribution in [-0.2, 0) is 33.8 Å². The molecule has 11 nitrogen and oxygen atoms in total. The molecule has 2 aromatic heterocycles. The summed E-state index contributed by atoms with van der Waals surface area (Å²) < 4.78 is 11.6. The van der Waals surface area contributed by atoms with E-state index < -0.39 is 53.5 Å². The van der Waals surface area contributed by atoms with Crippen molar-refractivity contribution in [3.8, 4) is 0 Å². The van der Waals surface area contributed by atoms with Gasteiger partial charge in [0.2, 0.25) is 5.78 Å². The Morgan fingerprint density at radius 2 is 1.62 bits per heavy atom. The molecule has 0 aliphatic heterocycles. The summed E-state index contributed by atoms with van der Waals surface area (Å²) in [6, 6.07) is 15.8. The van der Waals surface area contributed by atoms with E-state index in [1.807, 2.05) is 6.92 Å². The van der Waals surface area contributed by atoms with Crippen molar-refractivity contribution < 1.29 is 23.9 Å². The number of hydrogen-bond acceptors (Lipinski definition) is 9. The van der Waals surface area contributed by atoms with Gasteiger partial charge in [0.15, 0.2) is 6.61 Å². The minimum absolute atomic E-state index is 0.0744. The Morgan fingerprint density at radius 3 is 2.30 bits per heavy atom. The summed E-state index contributed by atoms with van der Waals surface area (Å²) in [6.45, 7) is 2.03. The van der Waals surface area contributed by atoms with Crippen LogP contribution in [0.3, 0.4) is 0 Å². The molecule has 0 unspecified atom stereocenters. The molecular weight excluding hydrogens is 516 g/mol. The monoisotopic (exact) mass is 544 g/mol. The summed E-state index contributed by atoms with van der Waals surface area (Å²) in [4.78, 5) is 69.5. The quantitative estimate of drug-likeness (QED) is 0.247. The maximum atomic E-state index is 13.3. The summed E-state index contributed by atoms with van der Waals surface area (Å²) in [7, 11) is 1.10. The maximum Gasteiger partial charge on any atom is 0.339 e. The van der Waals surface area contributed by atoms with E-state index in [0.29, 0.717) is 38.7 Å². The SMILES string of the molecule is CCc1nc2ccccc2c(C(=O)OCC(=O)c2c(N)n(Cc3ccccc3)c(=O)n(CC(=O)OC)c2=O)c1C. The first-order chi connectivity index (χ1) is 19.2. The second kappa shape index (κ2) is 11.8. The van der Waals surface area contributed by atoms with Crippen molar-refractivity contribution in [3.05, 3.63) is 103 Å². The van der Waals surface area contributed by atoms with Crippen molar-refractivity contribution in [1.82, 2.24) is 14.1 Å². The van der Waals surface area contributed by atoms with E-state index in [9.17, 15) is 24.0 Å². The summed E-state index contributed by atoms with van der Waals surface area (Å²) >= 11 is 0. The van der Waals surface area contributed by atoms with Crippen LogP contribution >= 0.6 is 0 Å². The van der Waals surface area contributed by atoms with Gasteiger partial charge in [0.25, 0.3) is 5.56 Å². The average molecular weight is 545 g/mol. The van der Waals surface area contributed by atoms with E-state index in [-0.39, 0.29) is 12.1 Å². The number of pyridine rings is 1. The van der Waals surface area contributed by atoms with Crippen molar-refractivity contribution in [2.24, 2.45) is 0 Å². The van der Waals surface area contributed by atoms with Crippen LogP contribution in [0, 0.1) is 6.92 Å². The molecule has 0 bridgehead atoms. The van der Waals surface area contributed by atoms with Crippen LogP contribution in [0.2, 0.25) is 0 Å². The van der Waals surface area contributed by atoms with Gasteiger partial charge in [-0.05, 0) is 30.5 Å². The molecule has 0 spiro atoms. The summed E-state index contributed by atoms with van der Waals surface area (Å²) in [6.07, 6.45) is 0.578. The molecule has 4 aromatic rings. The lowest BCUT2D eigenvalue weighted by Crippen LogP contribution is -2.46. The van der Waals surface area contributed by atoms with Gasteiger partial charge in [0.05, 0.1) is 24.7 Å². The topological polar surface area (TPSA) is 153 Å². The lowest BCUT2D eigenvalue weighted by atomic mass is 10.0. The number of carbonyl (C=O) groups excluding carboxylic acids is 3. The van der Waals surface area contributed by atoms with Crippen LogP contribution in [0.1, 0.15) is 44.5 Å². The number of carbonyl (C=O) groups is 3. The van der Waals surface area contributed by atoms with Crippen LogP contribution in [0.4, 0.5) is 5.82 Å².